The second-order valence-corrected chi connectivity index (χ2v) is 5.12. The van der Waals surface area contributed by atoms with Crippen LogP contribution in [0.2, 0.25) is 10.0 Å². The average molecular weight is 323 g/mol. The zero-order valence-corrected chi connectivity index (χ0v) is 12.2. The second-order valence-electron chi connectivity index (χ2n) is 4.27. The highest BCUT2D eigenvalue weighted by atomic mass is 35.5. The first kappa shape index (κ1) is 15.2. The van der Waals surface area contributed by atoms with Gasteiger partial charge in [-0.2, -0.15) is 13.2 Å². The van der Waals surface area contributed by atoms with E-state index in [-0.39, 0.29) is 16.1 Å². The summed E-state index contributed by atoms with van der Waals surface area (Å²) >= 11 is 11.9. The predicted molar refractivity (Wildman–Crippen MR) is 75.7 cm³/mol. The number of alkyl halides is 3. The molecule has 7 heteroatoms. The largest absolute Gasteiger partial charge is 0.433 e. The molecule has 0 saturated heterocycles. The minimum Gasteiger partial charge on any atom is -0.385 e. The number of anilines is 1. The molecular formula is C13H11Cl2F3N2. The summed E-state index contributed by atoms with van der Waals surface area (Å²) in [6.07, 6.45) is -4.54. The topological polar surface area (TPSA) is 24.9 Å². The van der Waals surface area contributed by atoms with Crippen molar-refractivity contribution in [1.29, 1.82) is 0 Å². The van der Waals surface area contributed by atoms with Gasteiger partial charge >= 0.3 is 6.18 Å². The molecule has 0 aliphatic carbocycles. The maximum atomic E-state index is 13.0. The number of hydrogen-bond acceptors (Lipinski definition) is 2. The number of benzene rings is 1. The molecule has 2 nitrogen and oxygen atoms in total. The molecule has 1 heterocycles. The zero-order valence-electron chi connectivity index (χ0n) is 10.7. The van der Waals surface area contributed by atoms with Crippen molar-refractivity contribution in [2.45, 2.75) is 20.0 Å². The Kier molecular flexibility index (Phi) is 4.02. The van der Waals surface area contributed by atoms with Crippen molar-refractivity contribution in [3.8, 4) is 0 Å². The van der Waals surface area contributed by atoms with Crippen LogP contribution in [0, 0.1) is 6.92 Å². The van der Waals surface area contributed by atoms with Gasteiger partial charge in [-0.15, -0.1) is 0 Å². The molecule has 0 radical (unpaired) electrons. The Morgan fingerprint density at radius 1 is 1.25 bits per heavy atom. The van der Waals surface area contributed by atoms with Crippen molar-refractivity contribution in [2.75, 3.05) is 11.9 Å². The Labute approximate surface area is 123 Å². The van der Waals surface area contributed by atoms with Crippen LogP contribution in [-0.2, 0) is 6.18 Å². The second kappa shape index (κ2) is 5.30. The third-order valence-electron chi connectivity index (χ3n) is 2.87. The Bertz CT molecular complexity index is 669. The van der Waals surface area contributed by atoms with Crippen molar-refractivity contribution in [3.05, 3.63) is 33.4 Å². The number of halogens is 5. The van der Waals surface area contributed by atoms with Gasteiger partial charge in [0.2, 0.25) is 0 Å². The lowest BCUT2D eigenvalue weighted by molar-refractivity contribution is -0.141. The van der Waals surface area contributed by atoms with E-state index in [2.05, 4.69) is 10.3 Å². The molecule has 0 unspecified atom stereocenters. The smallest absolute Gasteiger partial charge is 0.385 e. The van der Waals surface area contributed by atoms with Gasteiger partial charge < -0.3 is 5.32 Å². The number of aromatic nitrogens is 1. The molecule has 0 amide bonds. The SMILES string of the molecule is CCNc1c(C)c(C(F)(F)F)nc2c(Cl)cc(Cl)cc12. The van der Waals surface area contributed by atoms with Gasteiger partial charge in [-0.3, -0.25) is 0 Å². The van der Waals surface area contributed by atoms with Crippen LogP contribution < -0.4 is 5.32 Å². The predicted octanol–water partition coefficient (Wildman–Crippen LogP) is 5.30. The van der Waals surface area contributed by atoms with E-state index < -0.39 is 11.9 Å². The van der Waals surface area contributed by atoms with Gasteiger partial charge in [0.15, 0.2) is 0 Å². The molecule has 0 saturated carbocycles. The molecule has 1 aromatic carbocycles. The molecular weight excluding hydrogens is 312 g/mol. The van der Waals surface area contributed by atoms with Crippen molar-refractivity contribution in [1.82, 2.24) is 4.98 Å². The summed E-state index contributed by atoms with van der Waals surface area (Å²) in [6.45, 7) is 3.65. The normalized spacial score (nSPS) is 11.9. The highest BCUT2D eigenvalue weighted by Gasteiger charge is 2.36. The highest BCUT2D eigenvalue weighted by Crippen LogP contribution is 2.39. The van der Waals surface area contributed by atoms with Crippen molar-refractivity contribution < 1.29 is 13.2 Å². The van der Waals surface area contributed by atoms with E-state index in [1.807, 2.05) is 0 Å². The van der Waals surface area contributed by atoms with E-state index in [1.165, 1.54) is 13.0 Å². The van der Waals surface area contributed by atoms with Crippen molar-refractivity contribution >= 4 is 39.8 Å². The third kappa shape index (κ3) is 2.65. The van der Waals surface area contributed by atoms with Crippen molar-refractivity contribution in [2.24, 2.45) is 0 Å². The Morgan fingerprint density at radius 2 is 1.90 bits per heavy atom. The first-order valence-corrected chi connectivity index (χ1v) is 6.61. The number of rotatable bonds is 2. The van der Waals surface area contributed by atoms with Gasteiger partial charge in [0, 0.05) is 28.2 Å². The fourth-order valence-electron chi connectivity index (χ4n) is 2.07. The minimum atomic E-state index is -4.54. The van der Waals surface area contributed by atoms with Crippen LogP contribution in [0.15, 0.2) is 12.1 Å². The molecule has 2 rings (SSSR count). The molecule has 108 valence electrons. The van der Waals surface area contributed by atoms with E-state index in [0.29, 0.717) is 22.6 Å². The zero-order chi connectivity index (χ0) is 15.1. The van der Waals surface area contributed by atoms with Gasteiger partial charge in [-0.1, -0.05) is 23.2 Å². The quantitative estimate of drug-likeness (QED) is 0.811. The third-order valence-corrected chi connectivity index (χ3v) is 3.38. The fraction of sp³-hybridized carbons (Fsp3) is 0.308. The van der Waals surface area contributed by atoms with Crippen LogP contribution in [0.1, 0.15) is 18.2 Å². The standard InChI is InChI=1S/C13H11Cl2F3N2/c1-3-19-10-6(2)12(13(16,17)18)20-11-8(10)4-7(14)5-9(11)15/h4-5H,3H2,1-2H3,(H,19,20). The molecule has 0 fully saturated rings. The molecule has 0 aliphatic rings. The lowest BCUT2D eigenvalue weighted by Gasteiger charge is -2.17. The van der Waals surface area contributed by atoms with Crippen LogP contribution in [0.4, 0.5) is 18.9 Å². The summed E-state index contributed by atoms with van der Waals surface area (Å²) in [6, 6.07) is 2.94. The van der Waals surface area contributed by atoms with Crippen LogP contribution in [0.25, 0.3) is 10.9 Å². The number of nitrogens with zero attached hydrogens (tertiary/aromatic N) is 1. The van der Waals surface area contributed by atoms with E-state index in [0.717, 1.165) is 0 Å². The number of fused-ring (bicyclic) bond motifs is 1. The van der Waals surface area contributed by atoms with Gasteiger partial charge in [-0.25, -0.2) is 4.98 Å². The highest BCUT2D eigenvalue weighted by molar-refractivity contribution is 6.38. The summed E-state index contributed by atoms with van der Waals surface area (Å²) in [5.74, 6) is 0. The van der Waals surface area contributed by atoms with Crippen LogP contribution in [0.5, 0.6) is 0 Å². The summed E-state index contributed by atoms with van der Waals surface area (Å²) < 4.78 is 39.1. The van der Waals surface area contributed by atoms with Gasteiger partial charge in [0.1, 0.15) is 5.69 Å². The molecule has 0 atom stereocenters. The lowest BCUT2D eigenvalue weighted by Crippen LogP contribution is -2.13. The Hall–Kier alpha value is -1.20. The minimum absolute atomic E-state index is 0.0326. The first-order chi connectivity index (χ1) is 9.25. The van der Waals surface area contributed by atoms with E-state index in [4.69, 9.17) is 23.2 Å². The van der Waals surface area contributed by atoms with Gasteiger partial charge in [0.05, 0.1) is 10.5 Å². The lowest BCUT2D eigenvalue weighted by atomic mass is 10.1. The van der Waals surface area contributed by atoms with Crippen molar-refractivity contribution in [3.63, 3.8) is 0 Å². The Morgan fingerprint density at radius 3 is 2.45 bits per heavy atom. The van der Waals surface area contributed by atoms with Crippen LogP contribution in [-0.4, -0.2) is 11.5 Å². The van der Waals surface area contributed by atoms with Gasteiger partial charge in [-0.05, 0) is 26.0 Å². The maximum Gasteiger partial charge on any atom is 0.433 e. The summed E-state index contributed by atoms with van der Waals surface area (Å²) in [7, 11) is 0. The molecule has 20 heavy (non-hydrogen) atoms. The fourth-order valence-corrected chi connectivity index (χ4v) is 2.60. The number of nitrogens with one attached hydrogen (secondary N) is 1. The van der Waals surface area contributed by atoms with Crippen LogP contribution in [0.3, 0.4) is 0 Å². The molecule has 0 bridgehead atoms. The Balaban J connectivity index is 2.91. The van der Waals surface area contributed by atoms with E-state index in [1.54, 1.807) is 13.0 Å². The van der Waals surface area contributed by atoms with E-state index >= 15 is 0 Å². The number of pyridine rings is 1. The first-order valence-electron chi connectivity index (χ1n) is 5.86. The molecule has 0 aliphatic heterocycles. The molecule has 1 N–H and O–H groups in total. The summed E-state index contributed by atoms with van der Waals surface area (Å²) in [5.41, 5.74) is -0.463. The monoisotopic (exact) mass is 322 g/mol. The number of hydrogen-bond donors (Lipinski definition) is 1. The maximum absolute atomic E-state index is 13.0. The van der Waals surface area contributed by atoms with E-state index in [9.17, 15) is 13.2 Å². The molecule has 0 spiro atoms. The van der Waals surface area contributed by atoms with Gasteiger partial charge in [0.25, 0.3) is 0 Å². The average Bonchev–Trinajstić information content (AvgIpc) is 2.31. The van der Waals surface area contributed by atoms with Crippen LogP contribution >= 0.6 is 23.2 Å². The molecule has 2 aromatic rings. The summed E-state index contributed by atoms with van der Waals surface area (Å²) in [5, 5.41) is 3.85. The summed E-state index contributed by atoms with van der Waals surface area (Å²) in [4.78, 5) is 3.67. The molecule has 1 aromatic heterocycles.